The van der Waals surface area contributed by atoms with Crippen molar-refractivity contribution in [2.75, 3.05) is 54.1 Å². The van der Waals surface area contributed by atoms with E-state index in [1.165, 1.54) is 38.5 Å². The molecule has 1 aliphatic rings. The molecule has 0 radical (unpaired) electrons. The average molecular weight is 286 g/mol. The molecule has 0 aromatic rings. The van der Waals surface area contributed by atoms with Gasteiger partial charge in [0.05, 0.1) is 6.61 Å². The molecule has 1 N–H and O–H groups in total. The highest BCUT2D eigenvalue weighted by Crippen LogP contribution is 2.30. The van der Waals surface area contributed by atoms with E-state index in [0.29, 0.717) is 5.54 Å². The Labute approximate surface area is 125 Å². The molecule has 0 aliphatic heterocycles. The summed E-state index contributed by atoms with van der Waals surface area (Å²) >= 11 is 0. The lowest BCUT2D eigenvalue weighted by Gasteiger charge is -2.39. The molecule has 0 bridgehead atoms. The number of nitrogens with zero attached hydrogens (tertiary/aromatic N) is 1. The smallest absolute Gasteiger partial charge is 0.0589 e. The number of hydrogen-bond acceptors (Lipinski definition) is 4. The van der Waals surface area contributed by atoms with E-state index in [1.54, 1.807) is 14.2 Å². The standard InChI is InChI=1S/C16H34N2O2/c1-17-16(8-5-4-6-9-16)10-12-18(13-15-20-3)11-7-14-19-2/h17H,4-15H2,1-3H3. The second-order valence-electron chi connectivity index (χ2n) is 6.02. The molecule has 120 valence electrons. The first kappa shape index (κ1) is 17.9. The minimum atomic E-state index is 0.380. The van der Waals surface area contributed by atoms with Gasteiger partial charge in [-0.05, 0) is 39.3 Å². The van der Waals surface area contributed by atoms with Gasteiger partial charge in [-0.15, -0.1) is 0 Å². The van der Waals surface area contributed by atoms with E-state index in [1.807, 2.05) is 0 Å². The summed E-state index contributed by atoms with van der Waals surface area (Å²) in [6.07, 6.45) is 9.18. The molecule has 1 rings (SSSR count). The normalized spacial score (nSPS) is 18.6. The maximum Gasteiger partial charge on any atom is 0.0589 e. The van der Waals surface area contributed by atoms with Crippen LogP contribution in [-0.4, -0.2) is 64.6 Å². The van der Waals surface area contributed by atoms with Crippen molar-refractivity contribution >= 4 is 0 Å². The first-order valence-corrected chi connectivity index (χ1v) is 8.15. The Balaban J connectivity index is 2.37. The summed E-state index contributed by atoms with van der Waals surface area (Å²) in [7, 11) is 5.69. The van der Waals surface area contributed by atoms with Gasteiger partial charge in [0.25, 0.3) is 0 Å². The predicted molar refractivity (Wildman–Crippen MR) is 84.3 cm³/mol. The van der Waals surface area contributed by atoms with Crippen molar-refractivity contribution in [2.45, 2.75) is 50.5 Å². The molecular formula is C16H34N2O2. The van der Waals surface area contributed by atoms with Gasteiger partial charge in [0.1, 0.15) is 0 Å². The van der Waals surface area contributed by atoms with Crippen molar-refractivity contribution in [3.63, 3.8) is 0 Å². The van der Waals surface area contributed by atoms with Crippen LogP contribution in [0.25, 0.3) is 0 Å². The molecule has 0 aromatic carbocycles. The molecule has 0 unspecified atom stereocenters. The van der Waals surface area contributed by atoms with E-state index in [4.69, 9.17) is 9.47 Å². The van der Waals surface area contributed by atoms with Gasteiger partial charge in [-0.2, -0.15) is 0 Å². The number of methoxy groups -OCH3 is 2. The highest BCUT2D eigenvalue weighted by molar-refractivity contribution is 4.90. The lowest BCUT2D eigenvalue weighted by Crippen LogP contribution is -2.47. The molecule has 20 heavy (non-hydrogen) atoms. The minimum Gasteiger partial charge on any atom is -0.385 e. The molecule has 4 heteroatoms. The monoisotopic (exact) mass is 286 g/mol. The Morgan fingerprint density at radius 3 is 2.25 bits per heavy atom. The predicted octanol–water partition coefficient (Wildman–Crippen LogP) is 2.28. The SMILES string of the molecule is CNC1(CCN(CCCOC)CCOC)CCCCC1. The highest BCUT2D eigenvalue weighted by atomic mass is 16.5. The quantitative estimate of drug-likeness (QED) is 0.591. The van der Waals surface area contributed by atoms with Crippen LogP contribution in [0.4, 0.5) is 0 Å². The number of hydrogen-bond donors (Lipinski definition) is 1. The van der Waals surface area contributed by atoms with Crippen LogP contribution in [0.15, 0.2) is 0 Å². The summed E-state index contributed by atoms with van der Waals surface area (Å²) in [5.74, 6) is 0. The second kappa shape index (κ2) is 10.6. The molecule has 0 saturated heterocycles. The van der Waals surface area contributed by atoms with Crippen LogP contribution in [0.5, 0.6) is 0 Å². The summed E-state index contributed by atoms with van der Waals surface area (Å²) in [6, 6.07) is 0. The van der Waals surface area contributed by atoms with Crippen molar-refractivity contribution in [1.29, 1.82) is 0 Å². The van der Waals surface area contributed by atoms with Gasteiger partial charge in [-0.25, -0.2) is 0 Å². The fourth-order valence-corrected chi connectivity index (χ4v) is 3.21. The number of ether oxygens (including phenoxy) is 2. The van der Waals surface area contributed by atoms with Crippen LogP contribution in [0, 0.1) is 0 Å². The third-order valence-corrected chi connectivity index (χ3v) is 4.68. The van der Waals surface area contributed by atoms with Gasteiger partial charge in [-0.1, -0.05) is 19.3 Å². The fraction of sp³-hybridized carbons (Fsp3) is 1.00. The molecule has 0 heterocycles. The van der Waals surface area contributed by atoms with Gasteiger partial charge in [0.2, 0.25) is 0 Å². The van der Waals surface area contributed by atoms with Crippen molar-refractivity contribution in [3.8, 4) is 0 Å². The Morgan fingerprint density at radius 2 is 1.65 bits per heavy atom. The molecule has 0 aromatic heterocycles. The lowest BCUT2D eigenvalue weighted by molar-refractivity contribution is 0.119. The zero-order valence-corrected chi connectivity index (χ0v) is 13.7. The van der Waals surface area contributed by atoms with Crippen molar-refractivity contribution < 1.29 is 9.47 Å². The van der Waals surface area contributed by atoms with Gasteiger partial charge in [0.15, 0.2) is 0 Å². The Kier molecular flexibility index (Phi) is 9.44. The molecule has 0 spiro atoms. The molecular weight excluding hydrogens is 252 g/mol. The molecule has 0 atom stereocenters. The fourth-order valence-electron chi connectivity index (χ4n) is 3.21. The van der Waals surface area contributed by atoms with Crippen molar-refractivity contribution in [2.24, 2.45) is 0 Å². The van der Waals surface area contributed by atoms with Crippen LogP contribution in [0.1, 0.15) is 44.9 Å². The van der Waals surface area contributed by atoms with E-state index in [9.17, 15) is 0 Å². The zero-order valence-electron chi connectivity index (χ0n) is 13.7. The maximum absolute atomic E-state index is 5.23. The van der Waals surface area contributed by atoms with Gasteiger partial charge >= 0.3 is 0 Å². The molecule has 1 saturated carbocycles. The van der Waals surface area contributed by atoms with E-state index >= 15 is 0 Å². The van der Waals surface area contributed by atoms with Crippen molar-refractivity contribution in [3.05, 3.63) is 0 Å². The van der Waals surface area contributed by atoms with E-state index in [-0.39, 0.29) is 0 Å². The summed E-state index contributed by atoms with van der Waals surface area (Å²) in [4.78, 5) is 2.52. The molecule has 4 nitrogen and oxygen atoms in total. The Bertz CT molecular complexity index is 231. The van der Waals surface area contributed by atoms with Crippen molar-refractivity contribution in [1.82, 2.24) is 10.2 Å². The van der Waals surface area contributed by atoms with Gasteiger partial charge < -0.3 is 19.7 Å². The van der Waals surface area contributed by atoms with Gasteiger partial charge in [0, 0.05) is 39.5 Å². The third-order valence-electron chi connectivity index (χ3n) is 4.68. The number of nitrogens with one attached hydrogen (secondary N) is 1. The summed E-state index contributed by atoms with van der Waals surface area (Å²) < 4.78 is 10.4. The molecule has 0 amide bonds. The first-order valence-electron chi connectivity index (χ1n) is 8.15. The summed E-state index contributed by atoms with van der Waals surface area (Å²) in [5, 5.41) is 3.61. The first-order chi connectivity index (χ1) is 9.76. The maximum atomic E-state index is 5.23. The summed E-state index contributed by atoms with van der Waals surface area (Å²) in [6.45, 7) is 4.96. The van der Waals surface area contributed by atoms with Crippen LogP contribution in [-0.2, 0) is 9.47 Å². The minimum absolute atomic E-state index is 0.380. The van der Waals surface area contributed by atoms with Crippen LogP contribution >= 0.6 is 0 Å². The van der Waals surface area contributed by atoms with Crippen LogP contribution in [0.2, 0.25) is 0 Å². The Hall–Kier alpha value is -0.160. The molecule has 1 fully saturated rings. The lowest BCUT2D eigenvalue weighted by atomic mass is 9.79. The van der Waals surface area contributed by atoms with Crippen LogP contribution in [0.3, 0.4) is 0 Å². The average Bonchev–Trinajstić information content (AvgIpc) is 2.50. The zero-order chi connectivity index (χ0) is 14.7. The van der Waals surface area contributed by atoms with Crippen LogP contribution < -0.4 is 5.32 Å². The third kappa shape index (κ3) is 6.53. The van der Waals surface area contributed by atoms with E-state index < -0.39 is 0 Å². The molecule has 1 aliphatic carbocycles. The van der Waals surface area contributed by atoms with E-state index in [0.717, 1.165) is 39.3 Å². The van der Waals surface area contributed by atoms with Gasteiger partial charge in [-0.3, -0.25) is 0 Å². The van der Waals surface area contributed by atoms with E-state index in [2.05, 4.69) is 17.3 Å². The topological polar surface area (TPSA) is 33.7 Å². The Morgan fingerprint density at radius 1 is 0.950 bits per heavy atom. The highest BCUT2D eigenvalue weighted by Gasteiger charge is 2.30. The largest absolute Gasteiger partial charge is 0.385 e. The number of rotatable bonds is 11. The second-order valence-corrected chi connectivity index (χ2v) is 6.02. The summed E-state index contributed by atoms with van der Waals surface area (Å²) in [5.41, 5.74) is 0.380.